The highest BCUT2D eigenvalue weighted by Gasteiger charge is 2.21. The zero-order valence-electron chi connectivity index (χ0n) is 13.3. The minimum absolute atomic E-state index is 0.348. The van der Waals surface area contributed by atoms with Crippen molar-refractivity contribution < 1.29 is 13.6 Å². The molecule has 6 nitrogen and oxygen atoms in total. The first-order chi connectivity index (χ1) is 11.4. The van der Waals surface area contributed by atoms with Gasteiger partial charge in [-0.3, -0.25) is 9.36 Å². The molecule has 0 aliphatic rings. The molecule has 0 radical (unpaired) electrons. The molecule has 0 aliphatic heterocycles. The maximum Gasteiger partial charge on any atom is 0.343 e. The number of halogens is 2. The maximum atomic E-state index is 13.6. The summed E-state index contributed by atoms with van der Waals surface area (Å²) < 4.78 is 28.6. The normalized spacial score (nSPS) is 12.2. The molecule has 1 aromatic carbocycles. The largest absolute Gasteiger partial charge is 0.343 e. The summed E-state index contributed by atoms with van der Waals surface area (Å²) in [5.74, 6) is -2.28. The number of amides is 1. The average Bonchev–Trinajstić information content (AvgIpc) is 2.88. The molecule has 2 rings (SSSR count). The molecule has 130 valence electrons. The standard InChI is InChI=1S/C15H18F2N4O2S/c1-3-4-8-21-14(23)19-20-15(21)24-9(2)13(22)18-12-10(16)6-5-7-11(12)17/h5-7,9H,3-4,8H2,1-2H3,(H,18,22)(H,19,23)/t9-/m1/s1. The second-order valence-electron chi connectivity index (χ2n) is 5.16. The van der Waals surface area contributed by atoms with E-state index in [4.69, 9.17) is 0 Å². The number of aromatic amines is 1. The first kappa shape index (κ1) is 18.2. The number of thioether (sulfide) groups is 1. The quantitative estimate of drug-likeness (QED) is 0.748. The summed E-state index contributed by atoms with van der Waals surface area (Å²) in [5.41, 5.74) is -0.834. The molecule has 24 heavy (non-hydrogen) atoms. The van der Waals surface area contributed by atoms with Crippen LogP contribution in [0.2, 0.25) is 0 Å². The van der Waals surface area contributed by atoms with E-state index in [9.17, 15) is 18.4 Å². The Labute approximate surface area is 141 Å². The van der Waals surface area contributed by atoms with Crippen molar-refractivity contribution in [2.45, 2.75) is 43.6 Å². The van der Waals surface area contributed by atoms with E-state index >= 15 is 0 Å². The molecule has 1 aromatic heterocycles. The summed E-state index contributed by atoms with van der Waals surface area (Å²) >= 11 is 1.04. The summed E-state index contributed by atoms with van der Waals surface area (Å²) in [6.45, 7) is 4.06. The Bertz CT molecular complexity index is 755. The van der Waals surface area contributed by atoms with E-state index < -0.39 is 28.5 Å². The monoisotopic (exact) mass is 356 g/mol. The van der Waals surface area contributed by atoms with Gasteiger partial charge in [-0.2, -0.15) is 0 Å². The van der Waals surface area contributed by atoms with Crippen molar-refractivity contribution in [3.63, 3.8) is 0 Å². The van der Waals surface area contributed by atoms with Crippen LogP contribution in [0.3, 0.4) is 0 Å². The fourth-order valence-electron chi connectivity index (χ4n) is 1.96. The Morgan fingerprint density at radius 1 is 1.42 bits per heavy atom. The zero-order valence-corrected chi connectivity index (χ0v) is 14.1. The molecule has 2 aromatic rings. The fraction of sp³-hybridized carbons (Fsp3) is 0.400. The molecule has 0 saturated heterocycles. The van der Waals surface area contributed by atoms with Gasteiger partial charge in [-0.05, 0) is 25.5 Å². The van der Waals surface area contributed by atoms with Gasteiger partial charge in [0.2, 0.25) is 5.91 Å². The van der Waals surface area contributed by atoms with Crippen molar-refractivity contribution in [1.29, 1.82) is 0 Å². The SMILES string of the molecule is CCCCn1c(S[C@H](C)C(=O)Nc2c(F)cccc2F)n[nH]c1=O. The zero-order chi connectivity index (χ0) is 17.7. The number of nitrogens with one attached hydrogen (secondary N) is 2. The number of unbranched alkanes of at least 4 members (excludes halogenated alkanes) is 1. The van der Waals surface area contributed by atoms with Crippen LogP contribution >= 0.6 is 11.8 Å². The predicted molar refractivity (Wildman–Crippen MR) is 88.1 cm³/mol. The van der Waals surface area contributed by atoms with Gasteiger partial charge >= 0.3 is 5.69 Å². The highest BCUT2D eigenvalue weighted by Crippen LogP contribution is 2.23. The van der Waals surface area contributed by atoms with Gasteiger partial charge in [0.25, 0.3) is 0 Å². The summed E-state index contributed by atoms with van der Waals surface area (Å²) in [6.07, 6.45) is 1.71. The molecule has 0 saturated carbocycles. The van der Waals surface area contributed by atoms with Crippen LogP contribution in [0.1, 0.15) is 26.7 Å². The number of rotatable bonds is 7. The second-order valence-corrected chi connectivity index (χ2v) is 6.47. The molecule has 1 atom stereocenters. The van der Waals surface area contributed by atoms with Crippen LogP contribution in [-0.2, 0) is 11.3 Å². The number of H-pyrrole nitrogens is 1. The van der Waals surface area contributed by atoms with Gasteiger partial charge in [-0.1, -0.05) is 31.2 Å². The molecule has 0 spiro atoms. The Kier molecular flexibility index (Phi) is 6.13. The fourth-order valence-corrected chi connectivity index (χ4v) is 2.84. The van der Waals surface area contributed by atoms with Crippen LogP contribution in [0.25, 0.3) is 0 Å². The molecule has 0 fully saturated rings. The van der Waals surface area contributed by atoms with Crippen molar-refractivity contribution in [2.75, 3.05) is 5.32 Å². The topological polar surface area (TPSA) is 79.8 Å². The van der Waals surface area contributed by atoms with Gasteiger partial charge in [-0.15, -0.1) is 5.10 Å². The van der Waals surface area contributed by atoms with Crippen LogP contribution in [0.15, 0.2) is 28.2 Å². The maximum absolute atomic E-state index is 13.6. The molecule has 1 heterocycles. The van der Waals surface area contributed by atoms with Crippen LogP contribution in [0, 0.1) is 11.6 Å². The molecule has 9 heteroatoms. The van der Waals surface area contributed by atoms with Gasteiger partial charge < -0.3 is 5.32 Å². The highest BCUT2D eigenvalue weighted by molar-refractivity contribution is 8.00. The molecule has 0 unspecified atom stereocenters. The third-order valence-corrected chi connectivity index (χ3v) is 4.41. The molecule has 0 bridgehead atoms. The number of para-hydroxylation sites is 1. The van der Waals surface area contributed by atoms with E-state index in [1.54, 1.807) is 6.92 Å². The minimum atomic E-state index is -0.847. The lowest BCUT2D eigenvalue weighted by molar-refractivity contribution is -0.115. The average molecular weight is 356 g/mol. The number of carbonyl (C=O) groups excluding carboxylic acids is 1. The van der Waals surface area contributed by atoms with Crippen molar-refractivity contribution in [2.24, 2.45) is 0 Å². The number of carbonyl (C=O) groups is 1. The number of hydrogen-bond acceptors (Lipinski definition) is 4. The number of benzene rings is 1. The van der Waals surface area contributed by atoms with Gasteiger partial charge in [-0.25, -0.2) is 18.7 Å². The van der Waals surface area contributed by atoms with Gasteiger partial charge in [0.05, 0.1) is 5.25 Å². The van der Waals surface area contributed by atoms with Crippen LogP contribution < -0.4 is 11.0 Å². The molecular weight excluding hydrogens is 338 g/mol. The van der Waals surface area contributed by atoms with E-state index in [0.717, 1.165) is 36.7 Å². The number of aromatic nitrogens is 3. The smallest absolute Gasteiger partial charge is 0.320 e. The van der Waals surface area contributed by atoms with E-state index in [0.29, 0.717) is 11.7 Å². The first-order valence-electron chi connectivity index (χ1n) is 7.50. The lowest BCUT2D eigenvalue weighted by atomic mass is 10.3. The van der Waals surface area contributed by atoms with E-state index in [1.807, 2.05) is 6.92 Å². The van der Waals surface area contributed by atoms with Crippen molar-refractivity contribution >= 4 is 23.4 Å². The van der Waals surface area contributed by atoms with Crippen LogP contribution in [0.4, 0.5) is 14.5 Å². The molecule has 0 aliphatic carbocycles. The predicted octanol–water partition coefficient (Wildman–Crippen LogP) is 2.77. The lowest BCUT2D eigenvalue weighted by Gasteiger charge is -2.13. The van der Waals surface area contributed by atoms with Crippen molar-refractivity contribution in [3.05, 3.63) is 40.3 Å². The van der Waals surface area contributed by atoms with E-state index in [2.05, 4.69) is 15.5 Å². The summed E-state index contributed by atoms with van der Waals surface area (Å²) in [5, 5.41) is 8.14. The Balaban J connectivity index is 2.08. The lowest BCUT2D eigenvalue weighted by Crippen LogP contribution is -2.25. The van der Waals surface area contributed by atoms with Crippen molar-refractivity contribution in [1.82, 2.24) is 14.8 Å². The first-order valence-corrected chi connectivity index (χ1v) is 8.38. The van der Waals surface area contributed by atoms with Crippen LogP contribution in [0.5, 0.6) is 0 Å². The van der Waals surface area contributed by atoms with E-state index in [-0.39, 0.29) is 5.69 Å². The second kappa shape index (κ2) is 8.09. The summed E-state index contributed by atoms with van der Waals surface area (Å²) in [4.78, 5) is 23.9. The van der Waals surface area contributed by atoms with Gasteiger partial charge in [0, 0.05) is 6.54 Å². The third-order valence-electron chi connectivity index (χ3n) is 3.32. The third kappa shape index (κ3) is 4.22. The molecular formula is C15H18F2N4O2S. The molecule has 2 N–H and O–H groups in total. The summed E-state index contributed by atoms with van der Waals surface area (Å²) in [6, 6.07) is 3.34. The molecule has 1 amide bonds. The Morgan fingerprint density at radius 2 is 2.08 bits per heavy atom. The minimum Gasteiger partial charge on any atom is -0.320 e. The Hall–Kier alpha value is -2.16. The summed E-state index contributed by atoms with van der Waals surface area (Å²) in [7, 11) is 0. The van der Waals surface area contributed by atoms with Crippen molar-refractivity contribution in [3.8, 4) is 0 Å². The number of hydrogen-bond donors (Lipinski definition) is 2. The number of nitrogens with zero attached hydrogens (tertiary/aromatic N) is 2. The van der Waals surface area contributed by atoms with Gasteiger partial charge in [0.1, 0.15) is 17.3 Å². The Morgan fingerprint density at radius 3 is 2.71 bits per heavy atom. The van der Waals surface area contributed by atoms with Gasteiger partial charge in [0.15, 0.2) is 5.16 Å². The highest BCUT2D eigenvalue weighted by atomic mass is 32.2. The number of anilines is 1. The van der Waals surface area contributed by atoms with Crippen LogP contribution in [-0.4, -0.2) is 25.9 Å². The van der Waals surface area contributed by atoms with E-state index in [1.165, 1.54) is 10.6 Å².